The normalized spacial score (nSPS) is 22.3. The van der Waals surface area contributed by atoms with Crippen LogP contribution in [-0.4, -0.2) is 68.6 Å². The topological polar surface area (TPSA) is 94.1 Å². The number of anilines is 1. The first kappa shape index (κ1) is 24.3. The molecule has 1 aromatic carbocycles. The molecule has 184 valence electrons. The van der Waals surface area contributed by atoms with Crippen LogP contribution in [0.3, 0.4) is 0 Å². The van der Waals surface area contributed by atoms with Gasteiger partial charge in [-0.3, -0.25) is 4.90 Å². The van der Waals surface area contributed by atoms with Crippen LogP contribution in [0, 0.1) is 17.2 Å². The molecule has 2 aliphatic heterocycles. The molecule has 1 N–H and O–H groups in total. The highest BCUT2D eigenvalue weighted by atomic mass is 35.5. The highest BCUT2D eigenvalue weighted by Gasteiger charge is 2.34. The average molecular weight is 514 g/mol. The highest BCUT2D eigenvalue weighted by molar-refractivity contribution is 6.35. The number of halogens is 2. The van der Waals surface area contributed by atoms with Crippen molar-refractivity contribution in [3.63, 3.8) is 0 Å². The monoisotopic (exact) mass is 513 g/mol. The van der Waals surface area contributed by atoms with Gasteiger partial charge in [0.15, 0.2) is 11.3 Å². The van der Waals surface area contributed by atoms with Crippen molar-refractivity contribution in [2.75, 3.05) is 37.7 Å². The van der Waals surface area contributed by atoms with Gasteiger partial charge in [-0.25, -0.2) is 14.6 Å². The van der Waals surface area contributed by atoms with Gasteiger partial charge in [0.2, 0.25) is 0 Å². The summed E-state index contributed by atoms with van der Waals surface area (Å²) in [7, 11) is 0. The second-order valence-corrected chi connectivity index (χ2v) is 10.3. The summed E-state index contributed by atoms with van der Waals surface area (Å²) in [6.07, 6.45) is 6.46. The summed E-state index contributed by atoms with van der Waals surface area (Å²) in [5.74, 6) is 0.888. The summed E-state index contributed by atoms with van der Waals surface area (Å²) in [6.45, 7) is 5.91. The van der Waals surface area contributed by atoms with E-state index in [4.69, 9.17) is 28.2 Å². The zero-order chi connectivity index (χ0) is 24.5. The fraction of sp³-hybridized carbons (Fsp3) is 0.520. The SMILES string of the molecule is C[C@H](c1ccc(Cl)cc1Cl)n1nc(C#N)c2ncc(N3CC[C@H](N4CCCCC4)[C@H](CO)C3)nc21. The zero-order valence-electron chi connectivity index (χ0n) is 19.7. The molecule has 10 heteroatoms. The van der Waals surface area contributed by atoms with Crippen molar-refractivity contribution < 1.29 is 5.11 Å². The summed E-state index contributed by atoms with van der Waals surface area (Å²) >= 11 is 12.5. The Labute approximate surface area is 215 Å². The van der Waals surface area contributed by atoms with Crippen molar-refractivity contribution in [2.24, 2.45) is 5.92 Å². The third kappa shape index (κ3) is 4.70. The van der Waals surface area contributed by atoms with Gasteiger partial charge in [0.1, 0.15) is 17.4 Å². The van der Waals surface area contributed by atoms with Gasteiger partial charge in [-0.2, -0.15) is 10.4 Å². The number of aliphatic hydroxyl groups excluding tert-OH is 1. The second kappa shape index (κ2) is 10.3. The van der Waals surface area contributed by atoms with E-state index in [2.05, 4.69) is 26.0 Å². The Morgan fingerprint density at radius 2 is 2.00 bits per heavy atom. The van der Waals surface area contributed by atoms with E-state index in [9.17, 15) is 10.4 Å². The number of rotatable bonds is 5. The minimum atomic E-state index is -0.274. The molecular weight excluding hydrogens is 485 g/mol. The summed E-state index contributed by atoms with van der Waals surface area (Å²) in [5, 5.41) is 25.4. The molecule has 8 nitrogen and oxygen atoms in total. The van der Waals surface area contributed by atoms with Crippen LogP contribution in [-0.2, 0) is 0 Å². The molecule has 0 spiro atoms. The van der Waals surface area contributed by atoms with Crippen LogP contribution in [0.1, 0.15) is 49.9 Å². The molecule has 2 fully saturated rings. The van der Waals surface area contributed by atoms with Crippen molar-refractivity contribution in [1.82, 2.24) is 24.6 Å². The number of aromatic nitrogens is 4. The standard InChI is InChI=1S/C25H29Cl2N7O/c1-16(19-6-5-18(26)11-20(19)27)34-25-24(21(12-28)31-34)29-13-23(30-25)33-10-7-22(17(14-33)15-35)32-8-3-2-4-9-32/h5-6,11,13,16-17,22,35H,2-4,7-10,14-15H2,1H3/t16-,17+,22+/m1/s1. The lowest BCUT2D eigenvalue weighted by Crippen LogP contribution is -2.53. The van der Waals surface area contributed by atoms with E-state index in [1.165, 1.54) is 19.3 Å². The molecular formula is C25H29Cl2N7O. The van der Waals surface area contributed by atoms with Gasteiger partial charge < -0.3 is 10.0 Å². The summed E-state index contributed by atoms with van der Waals surface area (Å²) in [6, 6.07) is 7.61. The number of nitriles is 1. The molecule has 3 atom stereocenters. The number of hydrogen-bond acceptors (Lipinski definition) is 7. The van der Waals surface area contributed by atoms with E-state index in [1.54, 1.807) is 23.0 Å². The van der Waals surface area contributed by atoms with Gasteiger partial charge in [0.05, 0.1) is 12.2 Å². The highest BCUT2D eigenvalue weighted by Crippen LogP contribution is 2.32. The largest absolute Gasteiger partial charge is 0.396 e. The molecule has 35 heavy (non-hydrogen) atoms. The molecule has 0 amide bonds. The van der Waals surface area contributed by atoms with Crippen molar-refractivity contribution in [3.05, 3.63) is 45.7 Å². The van der Waals surface area contributed by atoms with Crippen LogP contribution in [0.2, 0.25) is 10.0 Å². The lowest BCUT2D eigenvalue weighted by Gasteiger charge is -2.45. The molecule has 4 heterocycles. The van der Waals surface area contributed by atoms with Crippen LogP contribution in [0.25, 0.3) is 11.2 Å². The second-order valence-electron chi connectivity index (χ2n) is 9.49. The Morgan fingerprint density at radius 3 is 2.71 bits per heavy atom. The Kier molecular flexibility index (Phi) is 7.12. The maximum absolute atomic E-state index is 10.2. The molecule has 0 saturated carbocycles. The third-order valence-electron chi connectivity index (χ3n) is 7.39. The molecule has 5 rings (SSSR count). The molecule has 3 aromatic rings. The maximum atomic E-state index is 10.2. The lowest BCUT2D eigenvalue weighted by atomic mass is 9.90. The zero-order valence-corrected chi connectivity index (χ0v) is 21.3. The van der Waals surface area contributed by atoms with E-state index in [0.29, 0.717) is 27.3 Å². The summed E-state index contributed by atoms with van der Waals surface area (Å²) in [5.41, 5.74) is 2.07. The molecule has 0 bridgehead atoms. The Hall–Kier alpha value is -2.44. The summed E-state index contributed by atoms with van der Waals surface area (Å²) in [4.78, 5) is 14.2. The van der Waals surface area contributed by atoms with E-state index in [-0.39, 0.29) is 24.3 Å². The number of benzene rings is 1. The first-order chi connectivity index (χ1) is 17.0. The predicted molar refractivity (Wildman–Crippen MR) is 137 cm³/mol. The van der Waals surface area contributed by atoms with Gasteiger partial charge in [0, 0.05) is 41.7 Å². The number of aliphatic hydroxyl groups is 1. The predicted octanol–water partition coefficient (Wildman–Crippen LogP) is 4.29. The minimum absolute atomic E-state index is 0.149. The molecule has 2 aliphatic rings. The van der Waals surface area contributed by atoms with Gasteiger partial charge in [0.25, 0.3) is 0 Å². The Morgan fingerprint density at radius 1 is 1.20 bits per heavy atom. The van der Waals surface area contributed by atoms with Crippen LogP contribution in [0.5, 0.6) is 0 Å². The number of nitrogens with zero attached hydrogens (tertiary/aromatic N) is 7. The number of fused-ring (bicyclic) bond motifs is 1. The van der Waals surface area contributed by atoms with Crippen molar-refractivity contribution in [1.29, 1.82) is 5.26 Å². The van der Waals surface area contributed by atoms with Crippen LogP contribution >= 0.6 is 23.2 Å². The number of likely N-dealkylation sites (tertiary alicyclic amines) is 1. The van der Waals surface area contributed by atoms with Crippen LogP contribution in [0.4, 0.5) is 5.82 Å². The van der Waals surface area contributed by atoms with E-state index < -0.39 is 0 Å². The molecule has 0 unspecified atom stereocenters. The van der Waals surface area contributed by atoms with Gasteiger partial charge in [-0.1, -0.05) is 35.7 Å². The number of hydrogen-bond donors (Lipinski definition) is 1. The van der Waals surface area contributed by atoms with Crippen molar-refractivity contribution in [2.45, 2.75) is 44.7 Å². The van der Waals surface area contributed by atoms with Crippen LogP contribution in [0.15, 0.2) is 24.4 Å². The minimum Gasteiger partial charge on any atom is -0.396 e. The molecule has 2 saturated heterocycles. The molecule has 0 radical (unpaired) electrons. The third-order valence-corrected chi connectivity index (χ3v) is 7.95. The maximum Gasteiger partial charge on any atom is 0.190 e. The Balaban J connectivity index is 1.45. The quantitative estimate of drug-likeness (QED) is 0.543. The van der Waals surface area contributed by atoms with E-state index in [1.807, 2.05) is 13.0 Å². The smallest absolute Gasteiger partial charge is 0.190 e. The fourth-order valence-corrected chi connectivity index (χ4v) is 6.07. The molecule has 0 aliphatic carbocycles. The first-order valence-corrected chi connectivity index (χ1v) is 13.0. The van der Waals surface area contributed by atoms with Crippen molar-refractivity contribution >= 4 is 40.2 Å². The fourth-order valence-electron chi connectivity index (χ4n) is 5.51. The van der Waals surface area contributed by atoms with E-state index in [0.717, 1.165) is 44.0 Å². The van der Waals surface area contributed by atoms with Gasteiger partial charge in [-0.15, -0.1) is 0 Å². The average Bonchev–Trinajstić information content (AvgIpc) is 3.26. The number of piperidine rings is 2. The first-order valence-electron chi connectivity index (χ1n) is 12.2. The van der Waals surface area contributed by atoms with Gasteiger partial charge >= 0.3 is 0 Å². The lowest BCUT2D eigenvalue weighted by molar-refractivity contribution is 0.0676. The van der Waals surface area contributed by atoms with E-state index >= 15 is 0 Å². The van der Waals surface area contributed by atoms with Crippen molar-refractivity contribution in [3.8, 4) is 6.07 Å². The molecule has 2 aromatic heterocycles. The Bertz CT molecular complexity index is 1250. The summed E-state index contributed by atoms with van der Waals surface area (Å²) < 4.78 is 1.71. The van der Waals surface area contributed by atoms with Gasteiger partial charge in [-0.05, 0) is 57.0 Å². The van der Waals surface area contributed by atoms with Crippen LogP contribution < -0.4 is 4.90 Å².